The summed E-state index contributed by atoms with van der Waals surface area (Å²) in [5.41, 5.74) is -0.431. The van der Waals surface area contributed by atoms with Gasteiger partial charge in [-0.05, 0) is 11.8 Å². The Labute approximate surface area is 62.5 Å². The molecule has 0 aromatic heterocycles. The molecule has 0 radical (unpaired) electrons. The van der Waals surface area contributed by atoms with E-state index in [1.54, 1.807) is 0 Å². The van der Waals surface area contributed by atoms with E-state index >= 15 is 0 Å². The van der Waals surface area contributed by atoms with Crippen LogP contribution in [0.4, 0.5) is 0 Å². The molecule has 10 heavy (non-hydrogen) atoms. The van der Waals surface area contributed by atoms with Gasteiger partial charge in [0, 0.05) is 14.2 Å². The second kappa shape index (κ2) is 2.59. The molecule has 1 fully saturated rings. The summed E-state index contributed by atoms with van der Waals surface area (Å²) in [7, 11) is 2.99. The highest BCUT2D eigenvalue weighted by atomic mass is 32.2. The zero-order chi connectivity index (χ0) is 7.72. The SMILES string of the molecule is COC1SC(=O)C(=O)N1C. The Hall–Kier alpha value is -0.550. The predicted molar refractivity (Wildman–Crippen MR) is 36.2 cm³/mol. The quantitative estimate of drug-likeness (QED) is 0.493. The number of nitrogens with zero attached hydrogens (tertiary/aromatic N) is 1. The number of carbonyl (C=O) groups excluding carboxylic acids is 2. The van der Waals surface area contributed by atoms with Crippen LogP contribution in [-0.2, 0) is 14.3 Å². The van der Waals surface area contributed by atoms with E-state index in [1.165, 1.54) is 19.1 Å². The first-order chi connectivity index (χ1) is 4.66. The molecule has 1 rings (SSSR count). The summed E-state index contributed by atoms with van der Waals surface area (Å²) in [5, 5.41) is -0.450. The van der Waals surface area contributed by atoms with Crippen LogP contribution < -0.4 is 0 Å². The van der Waals surface area contributed by atoms with E-state index in [-0.39, 0.29) is 0 Å². The second-order valence-electron chi connectivity index (χ2n) is 1.86. The fraction of sp³-hybridized carbons (Fsp3) is 0.600. The molecule has 0 aliphatic carbocycles. The lowest BCUT2D eigenvalue weighted by atomic mass is 10.6. The fourth-order valence-corrected chi connectivity index (χ4v) is 1.45. The molecule has 5 heteroatoms. The summed E-state index contributed by atoms with van der Waals surface area (Å²) in [6, 6.07) is 0. The third kappa shape index (κ3) is 1.02. The first-order valence-corrected chi connectivity index (χ1v) is 3.55. The summed E-state index contributed by atoms with van der Waals surface area (Å²) < 4.78 is 4.81. The van der Waals surface area contributed by atoms with E-state index in [4.69, 9.17) is 4.74 Å². The van der Waals surface area contributed by atoms with Gasteiger partial charge in [-0.2, -0.15) is 0 Å². The molecule has 1 aliphatic heterocycles. The van der Waals surface area contributed by atoms with Gasteiger partial charge in [0.1, 0.15) is 0 Å². The summed E-state index contributed by atoms with van der Waals surface area (Å²) in [6.07, 6.45) is 0. The molecule has 1 unspecified atom stereocenters. The maximum atomic E-state index is 10.7. The molecule has 0 aromatic carbocycles. The van der Waals surface area contributed by atoms with Crippen LogP contribution in [0, 0.1) is 0 Å². The van der Waals surface area contributed by atoms with Crippen molar-refractivity contribution in [2.45, 2.75) is 5.56 Å². The highest BCUT2D eigenvalue weighted by molar-refractivity contribution is 8.16. The third-order valence-electron chi connectivity index (χ3n) is 1.22. The molecule has 1 aliphatic rings. The van der Waals surface area contributed by atoms with Gasteiger partial charge in [-0.25, -0.2) is 0 Å². The molecule has 0 spiro atoms. The van der Waals surface area contributed by atoms with Crippen LogP contribution in [0.3, 0.4) is 0 Å². The number of methoxy groups -OCH3 is 1. The zero-order valence-electron chi connectivity index (χ0n) is 5.66. The smallest absolute Gasteiger partial charge is 0.303 e. The van der Waals surface area contributed by atoms with Gasteiger partial charge in [0.15, 0.2) is 5.56 Å². The number of hydrogen-bond acceptors (Lipinski definition) is 4. The maximum absolute atomic E-state index is 10.7. The Morgan fingerprint density at radius 1 is 1.60 bits per heavy atom. The minimum atomic E-state index is -0.489. The lowest BCUT2D eigenvalue weighted by Crippen LogP contribution is -2.30. The molecule has 1 amide bonds. The predicted octanol–water partition coefficient (Wildman–Crippen LogP) is -0.352. The number of thioether (sulfide) groups is 1. The minimum absolute atomic E-state index is 0.431. The van der Waals surface area contributed by atoms with Crippen molar-refractivity contribution in [1.82, 2.24) is 4.90 Å². The number of rotatable bonds is 1. The first-order valence-electron chi connectivity index (χ1n) is 2.67. The molecule has 56 valence electrons. The molecule has 1 atom stereocenters. The molecule has 0 N–H and O–H groups in total. The lowest BCUT2D eigenvalue weighted by Gasteiger charge is -2.14. The van der Waals surface area contributed by atoms with Crippen molar-refractivity contribution in [3.8, 4) is 0 Å². The van der Waals surface area contributed by atoms with Crippen LogP contribution in [-0.4, -0.2) is 35.6 Å². The Balaban J connectivity index is 2.71. The van der Waals surface area contributed by atoms with Crippen molar-refractivity contribution in [2.24, 2.45) is 0 Å². The monoisotopic (exact) mass is 161 g/mol. The molecule has 0 aromatic rings. The average Bonchev–Trinajstić information content (AvgIpc) is 2.17. The van der Waals surface area contributed by atoms with Crippen LogP contribution in [0.2, 0.25) is 0 Å². The maximum Gasteiger partial charge on any atom is 0.303 e. The van der Waals surface area contributed by atoms with Crippen LogP contribution in [0.1, 0.15) is 0 Å². The summed E-state index contributed by atoms with van der Waals surface area (Å²) in [5.74, 6) is -0.489. The molecular weight excluding hydrogens is 154 g/mol. The van der Waals surface area contributed by atoms with Gasteiger partial charge < -0.3 is 9.64 Å². The standard InChI is InChI=1S/C5H7NO3S/c1-6-3(7)4(8)10-5(6)9-2/h5H,1-2H3. The van der Waals surface area contributed by atoms with Crippen molar-refractivity contribution >= 4 is 22.8 Å². The Kier molecular flexibility index (Phi) is 1.96. The van der Waals surface area contributed by atoms with E-state index in [1.807, 2.05) is 0 Å². The fourth-order valence-electron chi connectivity index (χ4n) is 0.667. The van der Waals surface area contributed by atoms with Crippen LogP contribution in [0.25, 0.3) is 0 Å². The lowest BCUT2D eigenvalue weighted by molar-refractivity contribution is -0.141. The van der Waals surface area contributed by atoms with Gasteiger partial charge >= 0.3 is 5.91 Å². The van der Waals surface area contributed by atoms with E-state index in [9.17, 15) is 9.59 Å². The number of likely N-dealkylation sites (N-methyl/N-ethyl adjacent to an activating group) is 1. The first kappa shape index (κ1) is 7.56. The third-order valence-corrected chi connectivity index (χ3v) is 2.32. The van der Waals surface area contributed by atoms with Crippen molar-refractivity contribution in [1.29, 1.82) is 0 Å². The zero-order valence-corrected chi connectivity index (χ0v) is 6.47. The van der Waals surface area contributed by atoms with Gasteiger partial charge in [-0.1, -0.05) is 0 Å². The Morgan fingerprint density at radius 3 is 2.40 bits per heavy atom. The van der Waals surface area contributed by atoms with Crippen molar-refractivity contribution < 1.29 is 14.3 Å². The summed E-state index contributed by atoms with van der Waals surface area (Å²) in [4.78, 5) is 22.7. The van der Waals surface area contributed by atoms with Gasteiger partial charge in [-0.3, -0.25) is 9.59 Å². The average molecular weight is 161 g/mol. The van der Waals surface area contributed by atoms with Gasteiger partial charge in [-0.15, -0.1) is 0 Å². The van der Waals surface area contributed by atoms with Gasteiger partial charge in [0.25, 0.3) is 5.12 Å². The number of ether oxygens (including phenoxy) is 1. The van der Waals surface area contributed by atoms with E-state index in [0.29, 0.717) is 0 Å². The Bertz CT molecular complexity index is 182. The Morgan fingerprint density at radius 2 is 2.20 bits per heavy atom. The van der Waals surface area contributed by atoms with Crippen LogP contribution in [0.5, 0.6) is 0 Å². The van der Waals surface area contributed by atoms with Crippen LogP contribution in [0.15, 0.2) is 0 Å². The van der Waals surface area contributed by atoms with Gasteiger partial charge in [0.2, 0.25) is 0 Å². The van der Waals surface area contributed by atoms with Crippen LogP contribution >= 0.6 is 11.8 Å². The van der Waals surface area contributed by atoms with Crippen molar-refractivity contribution in [3.63, 3.8) is 0 Å². The number of hydrogen-bond donors (Lipinski definition) is 0. The van der Waals surface area contributed by atoms with Crippen molar-refractivity contribution in [3.05, 3.63) is 0 Å². The molecule has 0 bridgehead atoms. The van der Waals surface area contributed by atoms with E-state index in [2.05, 4.69) is 0 Å². The molecule has 0 saturated carbocycles. The summed E-state index contributed by atoms with van der Waals surface area (Å²) >= 11 is 0.897. The van der Waals surface area contributed by atoms with Gasteiger partial charge in [0.05, 0.1) is 0 Å². The highest BCUT2D eigenvalue weighted by Crippen LogP contribution is 2.24. The van der Waals surface area contributed by atoms with E-state index in [0.717, 1.165) is 11.8 Å². The topological polar surface area (TPSA) is 46.6 Å². The van der Waals surface area contributed by atoms with Crippen molar-refractivity contribution in [2.75, 3.05) is 14.2 Å². The molecule has 4 nitrogen and oxygen atoms in total. The number of amides is 1. The molecule has 1 heterocycles. The largest absolute Gasteiger partial charge is 0.352 e. The van der Waals surface area contributed by atoms with E-state index < -0.39 is 16.6 Å². The second-order valence-corrected chi connectivity index (χ2v) is 2.87. The normalized spacial score (nSPS) is 26.2. The molecular formula is C5H7NO3S. The number of carbonyl (C=O) groups is 2. The highest BCUT2D eigenvalue weighted by Gasteiger charge is 2.36. The molecule has 1 saturated heterocycles. The minimum Gasteiger partial charge on any atom is -0.352 e. The summed E-state index contributed by atoms with van der Waals surface area (Å²) in [6.45, 7) is 0.